The second-order valence-corrected chi connectivity index (χ2v) is 4.73. The van der Waals surface area contributed by atoms with E-state index in [9.17, 15) is 20.4 Å². The van der Waals surface area contributed by atoms with E-state index in [1.165, 1.54) is 0 Å². The van der Waals surface area contributed by atoms with Crippen LogP contribution in [0.15, 0.2) is 0 Å². The predicted octanol–water partition coefficient (Wildman–Crippen LogP) is -1.72. The minimum Gasteiger partial charge on any atom is -0.394 e. The number of rotatable bonds is 6. The van der Waals surface area contributed by atoms with Gasteiger partial charge in [0, 0.05) is 6.04 Å². The van der Waals surface area contributed by atoms with Crippen molar-refractivity contribution in [3.8, 4) is 0 Å². The quantitative estimate of drug-likeness (QED) is 0.417. The summed E-state index contributed by atoms with van der Waals surface area (Å²) in [6.07, 6.45) is -6.47. The molecular formula is C11H21N3O5. The summed E-state index contributed by atoms with van der Waals surface area (Å²) in [6.45, 7) is 4.75. The SMILES string of the molecule is Cc1nc([C@@H](O)[C@H](O)[C@H](O)[C@H](O)CO)nn1C(C)C. The highest BCUT2D eigenvalue weighted by molar-refractivity contribution is 4.99. The number of hydrogen-bond acceptors (Lipinski definition) is 7. The minimum absolute atomic E-state index is 0.0390. The molecule has 19 heavy (non-hydrogen) atoms. The summed E-state index contributed by atoms with van der Waals surface area (Å²) in [5.41, 5.74) is 0. The molecule has 8 heteroatoms. The summed E-state index contributed by atoms with van der Waals surface area (Å²) < 4.78 is 1.57. The Morgan fingerprint density at radius 2 is 1.68 bits per heavy atom. The van der Waals surface area contributed by atoms with Gasteiger partial charge in [-0.15, -0.1) is 0 Å². The molecule has 4 atom stereocenters. The molecule has 0 aliphatic carbocycles. The van der Waals surface area contributed by atoms with Crippen molar-refractivity contribution >= 4 is 0 Å². The molecular weight excluding hydrogens is 254 g/mol. The molecule has 0 amide bonds. The van der Waals surface area contributed by atoms with E-state index in [1.807, 2.05) is 13.8 Å². The average molecular weight is 275 g/mol. The van der Waals surface area contributed by atoms with Gasteiger partial charge < -0.3 is 25.5 Å². The van der Waals surface area contributed by atoms with Gasteiger partial charge in [-0.3, -0.25) is 0 Å². The molecule has 0 saturated carbocycles. The van der Waals surface area contributed by atoms with Gasteiger partial charge in [0.25, 0.3) is 0 Å². The normalized spacial score (nSPS) is 18.4. The van der Waals surface area contributed by atoms with Crippen molar-refractivity contribution in [3.05, 3.63) is 11.6 Å². The molecule has 0 saturated heterocycles. The molecule has 0 aliphatic heterocycles. The Hall–Kier alpha value is -1.06. The maximum Gasteiger partial charge on any atom is 0.182 e. The first kappa shape index (κ1) is 16.0. The summed E-state index contributed by atoms with van der Waals surface area (Å²) in [5.74, 6) is 0.524. The summed E-state index contributed by atoms with van der Waals surface area (Å²) in [4.78, 5) is 4.01. The Morgan fingerprint density at radius 1 is 1.11 bits per heavy atom. The molecule has 0 unspecified atom stereocenters. The zero-order valence-electron chi connectivity index (χ0n) is 11.2. The lowest BCUT2D eigenvalue weighted by Gasteiger charge is -2.24. The Labute approximate surface area is 111 Å². The molecule has 110 valence electrons. The molecule has 0 bridgehead atoms. The van der Waals surface area contributed by atoms with Gasteiger partial charge in [0.15, 0.2) is 5.82 Å². The lowest BCUT2D eigenvalue weighted by molar-refractivity contribution is -0.118. The van der Waals surface area contributed by atoms with E-state index in [1.54, 1.807) is 11.6 Å². The van der Waals surface area contributed by atoms with Crippen molar-refractivity contribution < 1.29 is 25.5 Å². The average Bonchev–Trinajstić information content (AvgIpc) is 2.77. The summed E-state index contributed by atoms with van der Waals surface area (Å²) in [5, 5.41) is 51.1. The first-order valence-corrected chi connectivity index (χ1v) is 6.05. The van der Waals surface area contributed by atoms with Crippen LogP contribution in [-0.4, -0.2) is 65.2 Å². The van der Waals surface area contributed by atoms with Crippen LogP contribution in [0.2, 0.25) is 0 Å². The fourth-order valence-electron chi connectivity index (χ4n) is 1.71. The van der Waals surface area contributed by atoms with Gasteiger partial charge in [0.05, 0.1) is 6.61 Å². The largest absolute Gasteiger partial charge is 0.394 e. The highest BCUT2D eigenvalue weighted by Gasteiger charge is 2.33. The number of hydrogen-bond donors (Lipinski definition) is 5. The third-order valence-electron chi connectivity index (χ3n) is 2.83. The summed E-state index contributed by atoms with van der Waals surface area (Å²) >= 11 is 0. The summed E-state index contributed by atoms with van der Waals surface area (Å²) in [6, 6.07) is 0.0403. The molecule has 1 rings (SSSR count). The molecule has 0 radical (unpaired) electrons. The minimum atomic E-state index is -1.69. The number of aliphatic hydroxyl groups excluding tert-OH is 5. The fourth-order valence-corrected chi connectivity index (χ4v) is 1.71. The smallest absolute Gasteiger partial charge is 0.182 e. The van der Waals surface area contributed by atoms with Crippen LogP contribution in [0.3, 0.4) is 0 Å². The highest BCUT2D eigenvalue weighted by atomic mass is 16.4. The van der Waals surface area contributed by atoms with Crippen molar-refractivity contribution in [2.45, 2.75) is 51.2 Å². The summed E-state index contributed by atoms with van der Waals surface area (Å²) in [7, 11) is 0. The van der Waals surface area contributed by atoms with Crippen molar-refractivity contribution in [2.75, 3.05) is 6.61 Å². The van der Waals surface area contributed by atoms with Gasteiger partial charge in [-0.2, -0.15) is 5.10 Å². The van der Waals surface area contributed by atoms with Crippen LogP contribution >= 0.6 is 0 Å². The monoisotopic (exact) mass is 275 g/mol. The van der Waals surface area contributed by atoms with Crippen molar-refractivity contribution in [2.24, 2.45) is 0 Å². The Kier molecular flexibility index (Phi) is 5.39. The van der Waals surface area contributed by atoms with E-state index in [-0.39, 0.29) is 11.9 Å². The van der Waals surface area contributed by atoms with Crippen LogP contribution in [0.1, 0.15) is 37.6 Å². The molecule has 8 nitrogen and oxygen atoms in total. The molecule has 1 aromatic heterocycles. The standard InChI is InChI=1S/C11H21N3O5/c1-5(2)14-6(3)12-11(13-14)10(19)9(18)8(17)7(16)4-15/h5,7-10,15-19H,4H2,1-3H3/t7-,8-,9-,10+/m1/s1. The molecule has 5 N–H and O–H groups in total. The van der Waals surface area contributed by atoms with Crippen LogP contribution in [-0.2, 0) is 0 Å². The second-order valence-electron chi connectivity index (χ2n) is 4.73. The first-order chi connectivity index (χ1) is 8.79. The molecule has 0 fully saturated rings. The number of aliphatic hydroxyl groups is 5. The molecule has 1 aromatic rings. The fraction of sp³-hybridized carbons (Fsp3) is 0.818. The van der Waals surface area contributed by atoms with Gasteiger partial charge in [-0.05, 0) is 20.8 Å². The zero-order chi connectivity index (χ0) is 14.7. The van der Waals surface area contributed by atoms with Gasteiger partial charge in [-0.1, -0.05) is 0 Å². The zero-order valence-corrected chi connectivity index (χ0v) is 11.2. The van der Waals surface area contributed by atoms with Crippen LogP contribution in [0, 0.1) is 6.92 Å². The number of aromatic nitrogens is 3. The van der Waals surface area contributed by atoms with Crippen molar-refractivity contribution in [3.63, 3.8) is 0 Å². The lowest BCUT2D eigenvalue weighted by atomic mass is 10.0. The lowest BCUT2D eigenvalue weighted by Crippen LogP contribution is -2.43. The highest BCUT2D eigenvalue weighted by Crippen LogP contribution is 2.19. The van der Waals surface area contributed by atoms with E-state index < -0.39 is 31.0 Å². The third-order valence-corrected chi connectivity index (χ3v) is 2.83. The van der Waals surface area contributed by atoms with E-state index in [0.717, 1.165) is 0 Å². The molecule has 1 heterocycles. The third kappa shape index (κ3) is 3.48. The first-order valence-electron chi connectivity index (χ1n) is 6.05. The number of aryl methyl sites for hydroxylation is 1. The van der Waals surface area contributed by atoms with Crippen molar-refractivity contribution in [1.82, 2.24) is 14.8 Å². The van der Waals surface area contributed by atoms with E-state index >= 15 is 0 Å². The van der Waals surface area contributed by atoms with Crippen LogP contribution in [0.5, 0.6) is 0 Å². The van der Waals surface area contributed by atoms with Crippen molar-refractivity contribution in [1.29, 1.82) is 0 Å². The van der Waals surface area contributed by atoms with Gasteiger partial charge in [0.2, 0.25) is 0 Å². The van der Waals surface area contributed by atoms with Gasteiger partial charge >= 0.3 is 0 Å². The van der Waals surface area contributed by atoms with Crippen LogP contribution in [0.25, 0.3) is 0 Å². The topological polar surface area (TPSA) is 132 Å². The molecule has 0 aromatic carbocycles. The number of nitrogens with zero attached hydrogens (tertiary/aromatic N) is 3. The molecule has 0 aliphatic rings. The predicted molar refractivity (Wildman–Crippen MR) is 65.2 cm³/mol. The van der Waals surface area contributed by atoms with Crippen LogP contribution in [0.4, 0.5) is 0 Å². The second kappa shape index (κ2) is 6.40. The maximum absolute atomic E-state index is 9.88. The van der Waals surface area contributed by atoms with Gasteiger partial charge in [-0.25, -0.2) is 9.67 Å². The Bertz CT molecular complexity index is 409. The van der Waals surface area contributed by atoms with Crippen LogP contribution < -0.4 is 0 Å². The molecule has 0 spiro atoms. The van der Waals surface area contributed by atoms with E-state index in [4.69, 9.17) is 5.11 Å². The maximum atomic E-state index is 9.88. The van der Waals surface area contributed by atoms with E-state index in [2.05, 4.69) is 10.1 Å². The van der Waals surface area contributed by atoms with E-state index in [0.29, 0.717) is 5.82 Å². The van der Waals surface area contributed by atoms with Gasteiger partial charge in [0.1, 0.15) is 30.2 Å². The Balaban J connectivity index is 2.88. The Morgan fingerprint density at radius 3 is 2.11 bits per heavy atom.